The zero-order valence-electron chi connectivity index (χ0n) is 19.4. The topological polar surface area (TPSA) is 101 Å². The Hall–Kier alpha value is -3.82. The molecule has 1 saturated heterocycles. The third kappa shape index (κ3) is 6.12. The van der Waals surface area contributed by atoms with Crippen LogP contribution in [-0.4, -0.2) is 46.0 Å². The molecule has 0 N–H and O–H groups in total. The smallest absolute Gasteiger partial charge is 0.343 e. The van der Waals surface area contributed by atoms with Gasteiger partial charge in [-0.2, -0.15) is 5.01 Å². The van der Waals surface area contributed by atoms with Crippen molar-refractivity contribution in [2.75, 3.05) is 6.54 Å². The van der Waals surface area contributed by atoms with E-state index in [4.69, 9.17) is 16.3 Å². The highest BCUT2D eigenvalue weighted by molar-refractivity contribution is 9.10. The molecule has 3 aromatic carbocycles. The number of benzene rings is 3. The Morgan fingerprint density at radius 1 is 0.865 bits per heavy atom. The second-order valence-corrected chi connectivity index (χ2v) is 9.46. The van der Waals surface area contributed by atoms with Crippen LogP contribution in [0.4, 0.5) is 0 Å². The Morgan fingerprint density at radius 2 is 1.46 bits per heavy atom. The molecule has 1 heterocycles. The van der Waals surface area contributed by atoms with E-state index in [1.165, 1.54) is 36.4 Å². The number of halogens is 2. The molecule has 188 valence electrons. The van der Waals surface area contributed by atoms with Crippen LogP contribution in [0.2, 0.25) is 5.02 Å². The van der Waals surface area contributed by atoms with Crippen LogP contribution in [-0.2, 0) is 9.59 Å². The number of hydrogen-bond donors (Lipinski definition) is 0. The first-order chi connectivity index (χ1) is 17.7. The summed E-state index contributed by atoms with van der Waals surface area (Å²) in [5.74, 6) is -2.76. The number of carbonyl (C=O) groups excluding carboxylic acids is 5. The lowest BCUT2D eigenvalue weighted by Gasteiger charge is -2.35. The van der Waals surface area contributed by atoms with Gasteiger partial charge in [-0.25, -0.2) is 9.80 Å². The molecule has 0 bridgehead atoms. The van der Waals surface area contributed by atoms with Gasteiger partial charge in [-0.1, -0.05) is 39.7 Å². The van der Waals surface area contributed by atoms with E-state index in [1.54, 1.807) is 36.4 Å². The van der Waals surface area contributed by atoms with E-state index in [9.17, 15) is 24.0 Å². The summed E-state index contributed by atoms with van der Waals surface area (Å²) in [6, 6.07) is 18.6. The number of ketones is 1. The SMILES string of the molecule is O=C(CN(C(=O)c1ccccc1Cl)N1C(=O)CCCC1=O)c1ccc(OC(=O)c2ccc(Br)cc2)cc1. The molecule has 0 atom stereocenters. The fourth-order valence-electron chi connectivity index (χ4n) is 3.71. The van der Waals surface area contributed by atoms with E-state index in [0.717, 1.165) is 14.5 Å². The molecule has 3 amide bonds. The van der Waals surface area contributed by atoms with Crippen molar-refractivity contribution in [2.45, 2.75) is 19.3 Å². The van der Waals surface area contributed by atoms with Crippen LogP contribution in [0.3, 0.4) is 0 Å². The maximum absolute atomic E-state index is 13.3. The maximum atomic E-state index is 13.3. The minimum absolute atomic E-state index is 0.0540. The molecule has 0 spiro atoms. The molecular formula is C27H20BrClN2O6. The molecule has 1 aliphatic rings. The summed E-state index contributed by atoms with van der Waals surface area (Å²) >= 11 is 9.48. The van der Waals surface area contributed by atoms with Crippen LogP contribution < -0.4 is 4.74 Å². The number of esters is 1. The molecular weight excluding hydrogens is 564 g/mol. The van der Waals surface area contributed by atoms with Gasteiger partial charge < -0.3 is 4.74 Å². The fourth-order valence-corrected chi connectivity index (χ4v) is 4.19. The first-order valence-corrected chi connectivity index (χ1v) is 12.4. The number of hydrogen-bond acceptors (Lipinski definition) is 6. The molecule has 3 aromatic rings. The summed E-state index contributed by atoms with van der Waals surface area (Å²) in [5, 5.41) is 1.70. The number of hydrazine groups is 1. The summed E-state index contributed by atoms with van der Waals surface area (Å²) in [5.41, 5.74) is 0.601. The van der Waals surface area contributed by atoms with Gasteiger partial charge in [0.1, 0.15) is 12.3 Å². The van der Waals surface area contributed by atoms with Gasteiger partial charge in [0.05, 0.1) is 16.1 Å². The van der Waals surface area contributed by atoms with Gasteiger partial charge in [0.2, 0.25) is 11.8 Å². The van der Waals surface area contributed by atoms with Crippen molar-refractivity contribution < 1.29 is 28.7 Å². The maximum Gasteiger partial charge on any atom is 0.343 e. The zero-order valence-corrected chi connectivity index (χ0v) is 21.7. The zero-order chi connectivity index (χ0) is 26.5. The summed E-state index contributed by atoms with van der Waals surface area (Å²) in [6.07, 6.45) is 0.520. The normalized spacial score (nSPS) is 13.3. The number of nitrogens with zero attached hydrogens (tertiary/aromatic N) is 2. The average molecular weight is 584 g/mol. The Labute approximate surface area is 225 Å². The van der Waals surface area contributed by atoms with Crippen molar-refractivity contribution in [1.82, 2.24) is 10.0 Å². The van der Waals surface area contributed by atoms with Crippen molar-refractivity contribution in [3.63, 3.8) is 0 Å². The Balaban J connectivity index is 1.53. The van der Waals surface area contributed by atoms with Crippen LogP contribution in [0.25, 0.3) is 0 Å². The molecule has 1 aliphatic heterocycles. The molecule has 0 unspecified atom stereocenters. The molecule has 0 aromatic heterocycles. The molecule has 37 heavy (non-hydrogen) atoms. The molecule has 1 fully saturated rings. The standard InChI is InChI=1S/C27H20BrClN2O6/c28-19-12-8-18(9-13-19)27(36)37-20-14-10-17(11-15-20)23(32)16-30(31-24(33)6-3-7-25(31)34)26(35)21-4-1-2-5-22(21)29/h1-2,4-5,8-15H,3,6-7,16H2. The third-order valence-corrected chi connectivity index (χ3v) is 6.45. The van der Waals surface area contributed by atoms with Gasteiger partial charge in [-0.05, 0) is 67.1 Å². The highest BCUT2D eigenvalue weighted by Crippen LogP contribution is 2.23. The van der Waals surface area contributed by atoms with Crippen molar-refractivity contribution in [3.8, 4) is 5.75 Å². The lowest BCUT2D eigenvalue weighted by Crippen LogP contribution is -2.56. The van der Waals surface area contributed by atoms with Crippen LogP contribution in [0, 0.1) is 0 Å². The third-order valence-electron chi connectivity index (χ3n) is 5.59. The summed E-state index contributed by atoms with van der Waals surface area (Å²) in [4.78, 5) is 64.0. The van der Waals surface area contributed by atoms with Gasteiger partial charge in [0.15, 0.2) is 5.78 Å². The first kappa shape index (κ1) is 26.2. The van der Waals surface area contributed by atoms with Gasteiger partial charge in [0, 0.05) is 22.9 Å². The van der Waals surface area contributed by atoms with E-state index in [2.05, 4.69) is 15.9 Å². The van der Waals surface area contributed by atoms with Crippen LogP contribution in [0.15, 0.2) is 77.3 Å². The number of Topliss-reactive ketones (excluding diaryl/α,β-unsaturated/α-hetero) is 1. The highest BCUT2D eigenvalue weighted by Gasteiger charge is 2.36. The second-order valence-electron chi connectivity index (χ2n) is 8.14. The number of ether oxygens (including phenoxy) is 1. The lowest BCUT2D eigenvalue weighted by atomic mass is 10.1. The van der Waals surface area contributed by atoms with E-state index >= 15 is 0 Å². The van der Waals surface area contributed by atoms with Gasteiger partial charge in [-0.3, -0.25) is 19.2 Å². The van der Waals surface area contributed by atoms with Crippen molar-refractivity contribution in [3.05, 3.63) is 99.0 Å². The predicted octanol–water partition coefficient (Wildman–Crippen LogP) is 5.10. The monoisotopic (exact) mass is 582 g/mol. The molecule has 0 saturated carbocycles. The number of amides is 3. The van der Waals surface area contributed by atoms with Gasteiger partial charge in [-0.15, -0.1) is 0 Å². The molecule has 0 radical (unpaired) electrons. The van der Waals surface area contributed by atoms with Crippen LogP contribution in [0.1, 0.15) is 50.3 Å². The molecule has 8 nitrogen and oxygen atoms in total. The van der Waals surface area contributed by atoms with Crippen molar-refractivity contribution in [1.29, 1.82) is 0 Å². The lowest BCUT2D eigenvalue weighted by molar-refractivity contribution is -0.162. The quantitative estimate of drug-likeness (QED) is 0.166. The summed E-state index contributed by atoms with van der Waals surface area (Å²) < 4.78 is 6.17. The fraction of sp³-hybridized carbons (Fsp3) is 0.148. The number of piperidine rings is 1. The summed E-state index contributed by atoms with van der Waals surface area (Å²) in [7, 11) is 0. The van der Waals surface area contributed by atoms with E-state index in [1.807, 2.05) is 0 Å². The predicted molar refractivity (Wildman–Crippen MR) is 138 cm³/mol. The first-order valence-electron chi connectivity index (χ1n) is 11.3. The van der Waals surface area contributed by atoms with E-state index in [-0.39, 0.29) is 34.7 Å². The van der Waals surface area contributed by atoms with Crippen LogP contribution >= 0.6 is 27.5 Å². The van der Waals surface area contributed by atoms with E-state index in [0.29, 0.717) is 12.0 Å². The number of rotatable bonds is 7. The average Bonchev–Trinajstić information content (AvgIpc) is 2.88. The largest absolute Gasteiger partial charge is 0.423 e. The Bertz CT molecular complexity index is 1360. The number of imide groups is 1. The summed E-state index contributed by atoms with van der Waals surface area (Å²) in [6.45, 7) is -0.570. The van der Waals surface area contributed by atoms with Crippen molar-refractivity contribution >= 4 is 57.0 Å². The number of carbonyl (C=O) groups is 5. The van der Waals surface area contributed by atoms with Gasteiger partial charge >= 0.3 is 5.97 Å². The highest BCUT2D eigenvalue weighted by atomic mass is 79.9. The molecule has 0 aliphatic carbocycles. The second kappa shape index (κ2) is 11.5. The Morgan fingerprint density at radius 3 is 2.08 bits per heavy atom. The minimum atomic E-state index is -0.748. The van der Waals surface area contributed by atoms with Crippen LogP contribution in [0.5, 0.6) is 5.75 Å². The van der Waals surface area contributed by atoms with Gasteiger partial charge in [0.25, 0.3) is 5.91 Å². The minimum Gasteiger partial charge on any atom is -0.423 e. The Kier molecular flexibility index (Phi) is 8.15. The molecule has 10 heteroatoms. The molecule has 4 rings (SSSR count). The van der Waals surface area contributed by atoms with E-state index < -0.39 is 36.0 Å². The van der Waals surface area contributed by atoms with Crippen molar-refractivity contribution in [2.24, 2.45) is 0 Å².